The number of rotatable bonds is 3. The summed E-state index contributed by atoms with van der Waals surface area (Å²) in [5, 5.41) is 2.60. The number of nitrogens with one attached hydrogen (secondary N) is 1. The number of benzene rings is 2. The van der Waals surface area contributed by atoms with Crippen LogP contribution in [0.25, 0.3) is 0 Å². The maximum atomic E-state index is 13.3. The number of halogens is 2. The molecule has 0 unspecified atom stereocenters. The number of para-hydroxylation sites is 1. The highest BCUT2D eigenvalue weighted by Crippen LogP contribution is 2.19. The fourth-order valence-corrected chi connectivity index (χ4v) is 1.93. The minimum absolute atomic E-state index is 0.0370. The van der Waals surface area contributed by atoms with Crippen molar-refractivity contribution in [1.82, 2.24) is 0 Å². The van der Waals surface area contributed by atoms with Gasteiger partial charge in [-0.25, -0.2) is 4.39 Å². The van der Waals surface area contributed by atoms with Crippen molar-refractivity contribution in [1.29, 1.82) is 0 Å². The average Bonchev–Trinajstić information content (AvgIpc) is 2.42. The predicted octanol–water partition coefficient (Wildman–Crippen LogP) is 3.37. The van der Waals surface area contributed by atoms with Crippen molar-refractivity contribution in [2.24, 2.45) is 5.73 Å². The molecule has 1 amide bonds. The molecule has 20 heavy (non-hydrogen) atoms. The largest absolute Gasteiger partial charge is 0.389 e. The summed E-state index contributed by atoms with van der Waals surface area (Å²) in [5.74, 6) is -1.12. The van der Waals surface area contributed by atoms with Gasteiger partial charge in [0.1, 0.15) is 10.8 Å². The Balaban J connectivity index is 2.28. The summed E-state index contributed by atoms with van der Waals surface area (Å²) < 4.78 is 13.3. The second-order valence-electron chi connectivity index (χ2n) is 3.99. The molecule has 0 bridgehead atoms. The van der Waals surface area contributed by atoms with E-state index in [9.17, 15) is 9.18 Å². The Labute approximate surface area is 125 Å². The third kappa shape index (κ3) is 3.12. The summed E-state index contributed by atoms with van der Waals surface area (Å²) in [6, 6.07) is 10.7. The molecule has 0 spiro atoms. The van der Waals surface area contributed by atoms with Crippen LogP contribution >= 0.6 is 23.8 Å². The van der Waals surface area contributed by atoms with Gasteiger partial charge < -0.3 is 11.1 Å². The lowest BCUT2D eigenvalue weighted by Gasteiger charge is -2.10. The van der Waals surface area contributed by atoms with Gasteiger partial charge in [-0.15, -0.1) is 0 Å². The molecule has 2 rings (SSSR count). The highest BCUT2D eigenvalue weighted by Gasteiger charge is 2.12. The molecule has 2 aromatic rings. The molecule has 0 aromatic heterocycles. The van der Waals surface area contributed by atoms with Gasteiger partial charge in [0.15, 0.2) is 0 Å². The van der Waals surface area contributed by atoms with Gasteiger partial charge in [-0.05, 0) is 30.3 Å². The van der Waals surface area contributed by atoms with Gasteiger partial charge in [0.05, 0.1) is 10.7 Å². The van der Waals surface area contributed by atoms with Crippen LogP contribution in [0, 0.1) is 5.82 Å². The zero-order valence-corrected chi connectivity index (χ0v) is 11.8. The van der Waals surface area contributed by atoms with Crippen molar-refractivity contribution in [2.45, 2.75) is 0 Å². The molecule has 0 saturated carbocycles. The lowest BCUT2D eigenvalue weighted by molar-refractivity contribution is 0.102. The van der Waals surface area contributed by atoms with E-state index < -0.39 is 11.7 Å². The smallest absolute Gasteiger partial charge is 0.255 e. The van der Waals surface area contributed by atoms with Gasteiger partial charge in [-0.1, -0.05) is 36.0 Å². The number of carbonyl (C=O) groups is 1. The molecule has 0 radical (unpaired) electrons. The molecule has 0 atom stereocenters. The first kappa shape index (κ1) is 14.4. The minimum Gasteiger partial charge on any atom is -0.389 e. The third-order valence-corrected chi connectivity index (χ3v) is 3.15. The Bertz CT molecular complexity index is 691. The van der Waals surface area contributed by atoms with E-state index in [1.54, 1.807) is 24.3 Å². The van der Waals surface area contributed by atoms with Crippen LogP contribution < -0.4 is 11.1 Å². The zero-order valence-electron chi connectivity index (χ0n) is 10.2. The molecular formula is C14H10ClFN2OS. The van der Waals surface area contributed by atoms with Crippen molar-refractivity contribution >= 4 is 40.4 Å². The molecule has 0 aliphatic heterocycles. The fraction of sp³-hybridized carbons (Fsp3) is 0. The molecule has 3 N–H and O–H groups in total. The van der Waals surface area contributed by atoms with Crippen LogP contribution in [-0.2, 0) is 0 Å². The first-order valence-electron chi connectivity index (χ1n) is 5.64. The second kappa shape index (κ2) is 5.98. The molecular weight excluding hydrogens is 299 g/mol. The molecule has 0 aliphatic carbocycles. The van der Waals surface area contributed by atoms with Gasteiger partial charge in [0.2, 0.25) is 0 Å². The normalized spacial score (nSPS) is 10.1. The number of anilines is 1. The van der Waals surface area contributed by atoms with E-state index >= 15 is 0 Å². The van der Waals surface area contributed by atoms with Crippen molar-refractivity contribution in [3.05, 3.63) is 64.4 Å². The summed E-state index contributed by atoms with van der Waals surface area (Å²) >= 11 is 10.5. The Hall–Kier alpha value is -1.98. The van der Waals surface area contributed by atoms with E-state index in [4.69, 9.17) is 29.6 Å². The maximum Gasteiger partial charge on any atom is 0.255 e. The highest BCUT2D eigenvalue weighted by molar-refractivity contribution is 7.80. The number of hydrogen-bond acceptors (Lipinski definition) is 2. The lowest BCUT2D eigenvalue weighted by atomic mass is 10.1. The Morgan fingerprint density at radius 1 is 1.25 bits per heavy atom. The summed E-state index contributed by atoms with van der Waals surface area (Å²) in [7, 11) is 0. The van der Waals surface area contributed by atoms with Crippen molar-refractivity contribution in [3.8, 4) is 0 Å². The van der Waals surface area contributed by atoms with E-state index in [0.29, 0.717) is 11.3 Å². The van der Waals surface area contributed by atoms with Crippen molar-refractivity contribution in [3.63, 3.8) is 0 Å². The molecule has 0 aliphatic rings. The average molecular weight is 309 g/mol. The Morgan fingerprint density at radius 3 is 2.60 bits per heavy atom. The third-order valence-electron chi connectivity index (χ3n) is 2.62. The number of hydrogen-bond donors (Lipinski definition) is 2. The van der Waals surface area contributed by atoms with Crippen molar-refractivity contribution < 1.29 is 9.18 Å². The van der Waals surface area contributed by atoms with Crippen LogP contribution in [0.15, 0.2) is 42.5 Å². The van der Waals surface area contributed by atoms with Crippen LogP contribution in [0.1, 0.15) is 15.9 Å². The molecule has 2 aromatic carbocycles. The molecule has 3 nitrogen and oxygen atoms in total. The lowest BCUT2D eigenvalue weighted by Crippen LogP contribution is -2.17. The summed E-state index contributed by atoms with van der Waals surface area (Å²) in [5.41, 5.74) is 6.75. The number of carbonyl (C=O) groups excluding carboxylic acids is 1. The maximum absolute atomic E-state index is 13.3. The quantitative estimate of drug-likeness (QED) is 0.855. The minimum atomic E-state index is -0.651. The summed E-state index contributed by atoms with van der Waals surface area (Å²) in [6.07, 6.45) is 0. The van der Waals surface area contributed by atoms with Gasteiger partial charge in [0.25, 0.3) is 5.91 Å². The van der Waals surface area contributed by atoms with E-state index in [1.165, 1.54) is 12.1 Å². The van der Waals surface area contributed by atoms with Gasteiger partial charge in [-0.3, -0.25) is 4.79 Å². The first-order chi connectivity index (χ1) is 9.49. The van der Waals surface area contributed by atoms with Gasteiger partial charge in [-0.2, -0.15) is 0 Å². The van der Waals surface area contributed by atoms with E-state index in [0.717, 1.165) is 6.07 Å². The second-order valence-corrected chi connectivity index (χ2v) is 4.84. The molecule has 0 fully saturated rings. The van der Waals surface area contributed by atoms with Crippen LogP contribution in [-0.4, -0.2) is 10.9 Å². The van der Waals surface area contributed by atoms with Gasteiger partial charge in [0, 0.05) is 11.1 Å². The molecule has 6 heteroatoms. The zero-order chi connectivity index (χ0) is 14.7. The predicted molar refractivity (Wildman–Crippen MR) is 81.7 cm³/mol. The molecule has 102 valence electrons. The summed E-state index contributed by atoms with van der Waals surface area (Å²) in [6.45, 7) is 0. The van der Waals surface area contributed by atoms with Crippen LogP contribution in [0.3, 0.4) is 0 Å². The van der Waals surface area contributed by atoms with Gasteiger partial charge >= 0.3 is 0 Å². The van der Waals surface area contributed by atoms with E-state index in [-0.39, 0.29) is 15.6 Å². The van der Waals surface area contributed by atoms with Crippen molar-refractivity contribution in [2.75, 3.05) is 5.32 Å². The van der Waals surface area contributed by atoms with Crippen LogP contribution in [0.4, 0.5) is 10.1 Å². The highest BCUT2D eigenvalue weighted by atomic mass is 35.5. The fourth-order valence-electron chi connectivity index (χ4n) is 1.64. The van der Waals surface area contributed by atoms with E-state index in [1.807, 2.05) is 0 Å². The standard InChI is InChI=1S/C14H10ClFN2OS/c15-10-6-5-8(7-11(10)16)14(19)18-12-4-2-1-3-9(12)13(17)20/h1-7H,(H2,17,20)(H,18,19). The number of thiocarbonyl (C=S) groups is 1. The SMILES string of the molecule is NC(=S)c1ccccc1NC(=O)c1ccc(Cl)c(F)c1. The Kier molecular flexibility index (Phi) is 4.32. The van der Waals surface area contributed by atoms with Crippen LogP contribution in [0.5, 0.6) is 0 Å². The summed E-state index contributed by atoms with van der Waals surface area (Å²) in [4.78, 5) is 12.2. The van der Waals surface area contributed by atoms with Crippen LogP contribution in [0.2, 0.25) is 5.02 Å². The monoisotopic (exact) mass is 308 g/mol. The number of nitrogens with two attached hydrogens (primary N) is 1. The molecule has 0 saturated heterocycles. The topological polar surface area (TPSA) is 55.1 Å². The Morgan fingerprint density at radius 2 is 1.95 bits per heavy atom. The number of amides is 1. The first-order valence-corrected chi connectivity index (χ1v) is 6.43. The molecule has 0 heterocycles. The van der Waals surface area contributed by atoms with E-state index in [2.05, 4.69) is 5.32 Å².